The third-order valence-electron chi connectivity index (χ3n) is 2.49. The lowest BCUT2D eigenvalue weighted by atomic mass is 10.2. The minimum absolute atomic E-state index is 0.753. The first-order chi connectivity index (χ1) is 3.79. The number of rotatable bonds is 0. The Hall–Kier alpha value is 0.310. The molecule has 0 aromatic rings. The van der Waals surface area contributed by atoms with Crippen molar-refractivity contribution in [2.45, 2.75) is 19.4 Å². The summed E-state index contributed by atoms with van der Waals surface area (Å²) in [7, 11) is 0. The second kappa shape index (κ2) is 1.42. The summed E-state index contributed by atoms with van der Waals surface area (Å²) in [5.41, 5.74) is 0. The Kier molecular flexibility index (Phi) is 0.910. The van der Waals surface area contributed by atoms with Gasteiger partial charge in [0.05, 0.1) is 0 Å². The highest BCUT2D eigenvalue weighted by atomic mass is 32.1. The molecular formula is C6H11NS. The molecule has 0 aromatic heterocycles. The number of hydrogen-bond donors (Lipinski definition) is 1. The van der Waals surface area contributed by atoms with E-state index in [0.717, 1.165) is 17.9 Å². The zero-order valence-electron chi connectivity index (χ0n) is 5.04. The van der Waals surface area contributed by atoms with E-state index >= 15 is 0 Å². The van der Waals surface area contributed by atoms with Crippen LogP contribution in [0.2, 0.25) is 0 Å². The normalized spacial score (nSPS) is 54.0. The quantitative estimate of drug-likeness (QED) is 0.480. The summed E-state index contributed by atoms with van der Waals surface area (Å²) in [6.45, 7) is 3.50. The van der Waals surface area contributed by atoms with Crippen molar-refractivity contribution < 1.29 is 0 Å². The summed E-state index contributed by atoms with van der Waals surface area (Å²) in [5, 5.41) is 0. The third-order valence-corrected chi connectivity index (χ3v) is 3.02. The molecule has 0 bridgehead atoms. The predicted molar refractivity (Wildman–Crippen MR) is 36.8 cm³/mol. The molecule has 1 aliphatic carbocycles. The molecule has 2 fully saturated rings. The minimum atomic E-state index is 0.753. The van der Waals surface area contributed by atoms with Gasteiger partial charge in [-0.1, -0.05) is 12.8 Å². The van der Waals surface area contributed by atoms with Crippen LogP contribution in [0.1, 0.15) is 13.3 Å². The SMILES string of the molecule is CC1C2CC2CN1S. The molecule has 3 unspecified atom stereocenters. The Morgan fingerprint density at radius 3 is 2.62 bits per heavy atom. The topological polar surface area (TPSA) is 3.24 Å². The van der Waals surface area contributed by atoms with E-state index in [9.17, 15) is 0 Å². The average Bonchev–Trinajstić information content (AvgIpc) is 2.39. The van der Waals surface area contributed by atoms with Gasteiger partial charge in [-0.2, -0.15) is 0 Å². The fraction of sp³-hybridized carbons (Fsp3) is 1.00. The molecule has 3 atom stereocenters. The van der Waals surface area contributed by atoms with Crippen molar-refractivity contribution >= 4 is 12.8 Å². The van der Waals surface area contributed by atoms with Crippen LogP contribution in [0, 0.1) is 11.8 Å². The van der Waals surface area contributed by atoms with Crippen LogP contribution >= 0.6 is 12.8 Å². The fourth-order valence-electron chi connectivity index (χ4n) is 1.70. The molecule has 0 aromatic carbocycles. The fourth-order valence-corrected chi connectivity index (χ4v) is 2.08. The Labute approximate surface area is 55.6 Å². The van der Waals surface area contributed by atoms with Gasteiger partial charge in [-0.05, 0) is 25.2 Å². The molecule has 46 valence electrons. The maximum atomic E-state index is 4.31. The summed E-state index contributed by atoms with van der Waals surface area (Å²) in [5.74, 6) is 2.02. The molecular weight excluding hydrogens is 118 g/mol. The highest BCUT2D eigenvalue weighted by Gasteiger charge is 2.49. The van der Waals surface area contributed by atoms with Crippen LogP contribution in [-0.4, -0.2) is 16.9 Å². The monoisotopic (exact) mass is 129 g/mol. The molecule has 0 radical (unpaired) electrons. The molecule has 1 heterocycles. The summed E-state index contributed by atoms with van der Waals surface area (Å²) >= 11 is 4.31. The smallest absolute Gasteiger partial charge is 0.0203 e. The number of piperidine rings is 1. The zero-order valence-corrected chi connectivity index (χ0v) is 5.94. The van der Waals surface area contributed by atoms with Crippen LogP contribution in [-0.2, 0) is 0 Å². The Balaban J connectivity index is 2.08. The number of fused-ring (bicyclic) bond motifs is 1. The summed E-state index contributed by atoms with van der Waals surface area (Å²) in [6, 6.07) is 0.753. The van der Waals surface area contributed by atoms with Crippen molar-refractivity contribution in [3.05, 3.63) is 0 Å². The van der Waals surface area contributed by atoms with Crippen molar-refractivity contribution in [3.8, 4) is 0 Å². The molecule has 1 aliphatic heterocycles. The maximum Gasteiger partial charge on any atom is 0.0203 e. The average molecular weight is 129 g/mol. The first-order valence-corrected chi connectivity index (χ1v) is 3.64. The second-order valence-corrected chi connectivity index (χ2v) is 3.54. The highest BCUT2D eigenvalue weighted by Crippen LogP contribution is 2.49. The van der Waals surface area contributed by atoms with E-state index in [2.05, 4.69) is 24.0 Å². The molecule has 1 saturated carbocycles. The molecule has 1 saturated heterocycles. The molecule has 0 N–H and O–H groups in total. The van der Waals surface area contributed by atoms with Crippen LogP contribution < -0.4 is 0 Å². The van der Waals surface area contributed by atoms with Gasteiger partial charge in [0.15, 0.2) is 0 Å². The zero-order chi connectivity index (χ0) is 5.72. The van der Waals surface area contributed by atoms with E-state index in [1.54, 1.807) is 0 Å². The van der Waals surface area contributed by atoms with Crippen LogP contribution in [0.15, 0.2) is 0 Å². The van der Waals surface area contributed by atoms with E-state index in [-0.39, 0.29) is 0 Å². The predicted octanol–water partition coefficient (Wildman–Crippen LogP) is 1.17. The van der Waals surface area contributed by atoms with Gasteiger partial charge in [-0.15, -0.1) is 0 Å². The van der Waals surface area contributed by atoms with Gasteiger partial charge in [0.2, 0.25) is 0 Å². The van der Waals surface area contributed by atoms with Gasteiger partial charge in [0, 0.05) is 12.6 Å². The Bertz CT molecular complexity index is 113. The summed E-state index contributed by atoms with van der Waals surface area (Å²) in [6.07, 6.45) is 1.47. The van der Waals surface area contributed by atoms with Crippen LogP contribution in [0.5, 0.6) is 0 Å². The van der Waals surface area contributed by atoms with Crippen molar-refractivity contribution in [1.82, 2.24) is 4.31 Å². The van der Waals surface area contributed by atoms with Gasteiger partial charge >= 0.3 is 0 Å². The highest BCUT2D eigenvalue weighted by molar-refractivity contribution is 7.77. The molecule has 2 heteroatoms. The lowest BCUT2D eigenvalue weighted by molar-refractivity contribution is 0.412. The van der Waals surface area contributed by atoms with Crippen molar-refractivity contribution in [1.29, 1.82) is 0 Å². The lowest BCUT2D eigenvalue weighted by Gasteiger charge is -2.15. The van der Waals surface area contributed by atoms with Gasteiger partial charge < -0.3 is 0 Å². The molecule has 0 spiro atoms. The lowest BCUT2D eigenvalue weighted by Crippen LogP contribution is -2.20. The second-order valence-electron chi connectivity index (χ2n) is 3.02. The summed E-state index contributed by atoms with van der Waals surface area (Å²) in [4.78, 5) is 0. The van der Waals surface area contributed by atoms with Gasteiger partial charge in [0.25, 0.3) is 0 Å². The molecule has 2 rings (SSSR count). The third kappa shape index (κ3) is 0.531. The van der Waals surface area contributed by atoms with E-state index in [0.29, 0.717) is 0 Å². The van der Waals surface area contributed by atoms with E-state index in [1.165, 1.54) is 13.0 Å². The minimum Gasteiger partial charge on any atom is -0.250 e. The van der Waals surface area contributed by atoms with Gasteiger partial charge in [-0.25, -0.2) is 4.31 Å². The maximum absolute atomic E-state index is 4.31. The number of nitrogens with zero attached hydrogens (tertiary/aromatic N) is 1. The molecule has 8 heavy (non-hydrogen) atoms. The van der Waals surface area contributed by atoms with Crippen LogP contribution in [0.25, 0.3) is 0 Å². The van der Waals surface area contributed by atoms with Crippen LogP contribution in [0.4, 0.5) is 0 Å². The largest absolute Gasteiger partial charge is 0.250 e. The van der Waals surface area contributed by atoms with Crippen LogP contribution in [0.3, 0.4) is 0 Å². The van der Waals surface area contributed by atoms with Crippen molar-refractivity contribution in [3.63, 3.8) is 0 Å². The Morgan fingerprint density at radius 2 is 2.38 bits per heavy atom. The number of thiol groups is 1. The van der Waals surface area contributed by atoms with Gasteiger partial charge in [0.1, 0.15) is 0 Å². The van der Waals surface area contributed by atoms with E-state index in [1.807, 2.05) is 0 Å². The molecule has 0 amide bonds. The van der Waals surface area contributed by atoms with Crippen molar-refractivity contribution in [2.75, 3.05) is 6.54 Å². The Morgan fingerprint density at radius 1 is 1.62 bits per heavy atom. The molecule has 2 aliphatic rings. The molecule has 1 nitrogen and oxygen atoms in total. The van der Waals surface area contributed by atoms with E-state index < -0.39 is 0 Å². The van der Waals surface area contributed by atoms with E-state index in [4.69, 9.17) is 0 Å². The van der Waals surface area contributed by atoms with Gasteiger partial charge in [-0.3, -0.25) is 0 Å². The first-order valence-electron chi connectivity index (χ1n) is 3.24. The standard InChI is InChI=1S/C6H11NS/c1-4-6-2-5(6)3-7(4)8/h4-6,8H,2-3H2,1H3. The summed E-state index contributed by atoms with van der Waals surface area (Å²) < 4.78 is 2.17. The first kappa shape index (κ1) is 5.12. The number of hydrogen-bond acceptors (Lipinski definition) is 2. The van der Waals surface area contributed by atoms with Crippen molar-refractivity contribution in [2.24, 2.45) is 11.8 Å².